The standard InChI is InChI=1S/C17H14N6O4/c18-15-21-16(19-11-5-1-3-9(7-11)13(24)25)23-17(22-15)20-12-6-2-4-10(8-12)14(26)27/h1-8H,(H,24,25)(H,26,27)(H4,18,19,20,21,22,23). The maximum absolute atomic E-state index is 11.1. The average Bonchev–Trinajstić information content (AvgIpc) is 2.61. The smallest absolute Gasteiger partial charge is 0.335 e. The van der Waals surface area contributed by atoms with Gasteiger partial charge in [0.05, 0.1) is 11.1 Å². The minimum absolute atomic E-state index is 0.0706. The van der Waals surface area contributed by atoms with Crippen molar-refractivity contribution in [1.29, 1.82) is 0 Å². The summed E-state index contributed by atoms with van der Waals surface area (Å²) in [5.41, 5.74) is 6.81. The number of aromatic nitrogens is 3. The van der Waals surface area contributed by atoms with Crippen LogP contribution in [0.1, 0.15) is 20.7 Å². The van der Waals surface area contributed by atoms with E-state index in [1.54, 1.807) is 24.3 Å². The van der Waals surface area contributed by atoms with Gasteiger partial charge in [-0.25, -0.2) is 9.59 Å². The van der Waals surface area contributed by atoms with E-state index in [1.165, 1.54) is 24.3 Å². The Morgan fingerprint density at radius 3 is 1.63 bits per heavy atom. The van der Waals surface area contributed by atoms with Crippen LogP contribution in [0.25, 0.3) is 0 Å². The zero-order valence-electron chi connectivity index (χ0n) is 13.7. The van der Waals surface area contributed by atoms with Crippen molar-refractivity contribution in [3.63, 3.8) is 0 Å². The van der Waals surface area contributed by atoms with Crippen molar-refractivity contribution in [2.24, 2.45) is 0 Å². The molecule has 0 fully saturated rings. The number of nitrogens with zero attached hydrogens (tertiary/aromatic N) is 3. The summed E-state index contributed by atoms with van der Waals surface area (Å²) in [6.45, 7) is 0. The molecule has 0 atom stereocenters. The second kappa shape index (κ2) is 7.35. The number of aromatic carboxylic acids is 2. The van der Waals surface area contributed by atoms with E-state index in [0.717, 1.165) is 0 Å². The summed E-state index contributed by atoms with van der Waals surface area (Å²) in [7, 11) is 0. The number of nitrogens with two attached hydrogens (primary N) is 1. The van der Waals surface area contributed by atoms with E-state index in [1.807, 2.05) is 0 Å². The lowest BCUT2D eigenvalue weighted by Crippen LogP contribution is -2.07. The highest BCUT2D eigenvalue weighted by Crippen LogP contribution is 2.19. The number of carbonyl (C=O) groups is 2. The van der Waals surface area contributed by atoms with Crippen molar-refractivity contribution >= 4 is 41.2 Å². The third kappa shape index (κ3) is 4.45. The topological polar surface area (TPSA) is 163 Å². The molecule has 1 heterocycles. The van der Waals surface area contributed by atoms with E-state index in [0.29, 0.717) is 11.4 Å². The van der Waals surface area contributed by atoms with Crippen LogP contribution in [0.15, 0.2) is 48.5 Å². The second-order valence-corrected chi connectivity index (χ2v) is 5.36. The first-order valence-electron chi connectivity index (χ1n) is 7.63. The van der Waals surface area contributed by atoms with Crippen LogP contribution >= 0.6 is 0 Å². The Balaban J connectivity index is 1.84. The number of nitrogen functional groups attached to an aromatic ring is 1. The third-order valence-electron chi connectivity index (χ3n) is 3.38. The third-order valence-corrected chi connectivity index (χ3v) is 3.38. The monoisotopic (exact) mass is 366 g/mol. The predicted molar refractivity (Wildman–Crippen MR) is 97.6 cm³/mol. The van der Waals surface area contributed by atoms with Gasteiger partial charge in [-0.2, -0.15) is 15.0 Å². The fourth-order valence-electron chi connectivity index (χ4n) is 2.22. The molecule has 0 saturated carbocycles. The van der Waals surface area contributed by atoms with E-state index >= 15 is 0 Å². The molecular formula is C17H14N6O4. The largest absolute Gasteiger partial charge is 0.478 e. The van der Waals surface area contributed by atoms with E-state index in [-0.39, 0.29) is 29.0 Å². The zero-order valence-corrected chi connectivity index (χ0v) is 13.7. The Bertz CT molecular complexity index is 946. The predicted octanol–water partition coefficient (Wildman–Crippen LogP) is 2.34. The Morgan fingerprint density at radius 2 is 1.22 bits per heavy atom. The van der Waals surface area contributed by atoms with E-state index in [4.69, 9.17) is 15.9 Å². The van der Waals surface area contributed by atoms with Crippen molar-refractivity contribution in [3.8, 4) is 0 Å². The molecule has 3 rings (SSSR count). The molecule has 0 amide bonds. The van der Waals surface area contributed by atoms with Gasteiger partial charge in [-0.15, -0.1) is 0 Å². The maximum atomic E-state index is 11.1. The summed E-state index contributed by atoms with van der Waals surface area (Å²) in [5, 5.41) is 23.8. The summed E-state index contributed by atoms with van der Waals surface area (Å²) in [4.78, 5) is 34.2. The molecule has 0 aliphatic carbocycles. The Morgan fingerprint density at radius 1 is 0.778 bits per heavy atom. The lowest BCUT2D eigenvalue weighted by Gasteiger charge is -2.09. The first kappa shape index (κ1) is 17.6. The molecule has 6 N–H and O–H groups in total. The van der Waals surface area contributed by atoms with Gasteiger partial charge >= 0.3 is 11.9 Å². The zero-order chi connectivity index (χ0) is 19.4. The van der Waals surface area contributed by atoms with Crippen LogP contribution in [0.5, 0.6) is 0 Å². The molecule has 0 bridgehead atoms. The summed E-state index contributed by atoms with van der Waals surface area (Å²) in [5.74, 6) is -1.99. The normalized spacial score (nSPS) is 10.2. The van der Waals surface area contributed by atoms with Gasteiger partial charge in [-0.3, -0.25) is 0 Å². The molecule has 0 spiro atoms. The molecule has 0 aliphatic heterocycles. The lowest BCUT2D eigenvalue weighted by atomic mass is 10.2. The first-order valence-corrected chi connectivity index (χ1v) is 7.63. The van der Waals surface area contributed by atoms with Crippen molar-refractivity contribution in [1.82, 2.24) is 15.0 Å². The highest BCUT2D eigenvalue weighted by atomic mass is 16.4. The number of carboxylic acids is 2. The van der Waals surface area contributed by atoms with Crippen LogP contribution in [-0.4, -0.2) is 37.1 Å². The molecule has 10 nitrogen and oxygen atoms in total. The Kier molecular flexibility index (Phi) is 4.79. The van der Waals surface area contributed by atoms with Gasteiger partial charge in [-0.1, -0.05) is 12.1 Å². The minimum Gasteiger partial charge on any atom is -0.478 e. The second-order valence-electron chi connectivity index (χ2n) is 5.36. The quantitative estimate of drug-likeness (QED) is 0.437. The number of hydrogen-bond acceptors (Lipinski definition) is 8. The van der Waals surface area contributed by atoms with Gasteiger partial charge in [-0.05, 0) is 36.4 Å². The average molecular weight is 366 g/mol. The number of nitrogens with one attached hydrogen (secondary N) is 2. The van der Waals surface area contributed by atoms with Crippen LogP contribution < -0.4 is 16.4 Å². The summed E-state index contributed by atoms with van der Waals surface area (Å²) >= 11 is 0. The molecule has 3 aromatic rings. The molecule has 0 saturated heterocycles. The van der Waals surface area contributed by atoms with Gasteiger partial charge in [0.15, 0.2) is 0 Å². The Labute approximate surface area is 152 Å². The van der Waals surface area contributed by atoms with E-state index in [2.05, 4.69) is 25.6 Å². The number of benzene rings is 2. The number of anilines is 5. The highest BCUT2D eigenvalue weighted by molar-refractivity contribution is 5.89. The summed E-state index contributed by atoms with van der Waals surface area (Å²) in [6, 6.07) is 12.2. The molecule has 1 aromatic heterocycles. The Hall–Kier alpha value is -4.21. The van der Waals surface area contributed by atoms with Crippen LogP contribution in [0, 0.1) is 0 Å². The molecule has 2 aromatic carbocycles. The lowest BCUT2D eigenvalue weighted by molar-refractivity contribution is 0.0686. The number of rotatable bonds is 6. The summed E-state index contributed by atoms with van der Waals surface area (Å²) in [6.07, 6.45) is 0. The van der Waals surface area contributed by atoms with Crippen molar-refractivity contribution in [3.05, 3.63) is 59.7 Å². The SMILES string of the molecule is Nc1nc(Nc2cccc(C(=O)O)c2)nc(Nc2cccc(C(=O)O)c2)n1. The maximum Gasteiger partial charge on any atom is 0.335 e. The van der Waals surface area contributed by atoms with Crippen LogP contribution in [0.4, 0.5) is 29.2 Å². The van der Waals surface area contributed by atoms with Crippen LogP contribution in [0.3, 0.4) is 0 Å². The van der Waals surface area contributed by atoms with Gasteiger partial charge in [0.1, 0.15) is 0 Å². The molecular weight excluding hydrogens is 352 g/mol. The van der Waals surface area contributed by atoms with Gasteiger partial charge in [0.25, 0.3) is 0 Å². The molecule has 136 valence electrons. The fraction of sp³-hybridized carbons (Fsp3) is 0. The van der Waals surface area contributed by atoms with E-state index < -0.39 is 11.9 Å². The van der Waals surface area contributed by atoms with Gasteiger partial charge < -0.3 is 26.6 Å². The van der Waals surface area contributed by atoms with E-state index in [9.17, 15) is 9.59 Å². The molecule has 10 heteroatoms. The minimum atomic E-state index is -1.06. The molecule has 0 aliphatic rings. The van der Waals surface area contributed by atoms with Crippen molar-refractivity contribution in [2.75, 3.05) is 16.4 Å². The van der Waals surface area contributed by atoms with Crippen molar-refractivity contribution < 1.29 is 19.8 Å². The first-order chi connectivity index (χ1) is 12.9. The number of hydrogen-bond donors (Lipinski definition) is 5. The molecule has 0 radical (unpaired) electrons. The fourth-order valence-corrected chi connectivity index (χ4v) is 2.22. The molecule has 0 unspecified atom stereocenters. The van der Waals surface area contributed by atoms with Crippen LogP contribution in [0.2, 0.25) is 0 Å². The number of carboxylic acid groups (broad SMARTS) is 2. The van der Waals surface area contributed by atoms with Gasteiger partial charge in [0.2, 0.25) is 17.8 Å². The van der Waals surface area contributed by atoms with Crippen molar-refractivity contribution in [2.45, 2.75) is 0 Å². The summed E-state index contributed by atoms with van der Waals surface area (Å²) < 4.78 is 0. The highest BCUT2D eigenvalue weighted by Gasteiger charge is 2.09. The van der Waals surface area contributed by atoms with Gasteiger partial charge in [0, 0.05) is 11.4 Å². The van der Waals surface area contributed by atoms with Crippen LogP contribution in [-0.2, 0) is 0 Å². The molecule has 27 heavy (non-hydrogen) atoms.